The maximum absolute atomic E-state index is 10.0. The fraction of sp³-hybridized carbons (Fsp3) is 0.500. The summed E-state index contributed by atoms with van der Waals surface area (Å²) >= 11 is 0. The lowest BCUT2D eigenvalue weighted by Crippen LogP contribution is -2.45. The van der Waals surface area contributed by atoms with Crippen LogP contribution in [0, 0.1) is 0 Å². The van der Waals surface area contributed by atoms with E-state index in [-0.39, 0.29) is 6.42 Å². The average molecular weight is 147 g/mol. The standard InChI is InChI=1S/C4H9N3O3/c5-2(1-3(8)9)7-4(6)10/h2H,1,5H2,(H,8,9)(H3,6,7,10). The van der Waals surface area contributed by atoms with Gasteiger partial charge in [-0.05, 0) is 0 Å². The highest BCUT2D eigenvalue weighted by Gasteiger charge is 2.07. The minimum Gasteiger partial charge on any atom is -0.481 e. The van der Waals surface area contributed by atoms with Crippen molar-refractivity contribution in [3.63, 3.8) is 0 Å². The molecular formula is C4H9N3O3. The number of urea groups is 1. The van der Waals surface area contributed by atoms with Crippen LogP contribution in [0.2, 0.25) is 0 Å². The van der Waals surface area contributed by atoms with Crippen molar-refractivity contribution in [3.05, 3.63) is 0 Å². The lowest BCUT2D eigenvalue weighted by molar-refractivity contribution is -0.137. The Bertz CT molecular complexity index is 131. The van der Waals surface area contributed by atoms with Crippen molar-refractivity contribution in [2.45, 2.75) is 12.6 Å². The Morgan fingerprint density at radius 2 is 2.10 bits per heavy atom. The Balaban J connectivity index is 3.53. The second kappa shape index (κ2) is 3.67. The van der Waals surface area contributed by atoms with Crippen LogP contribution in [0.5, 0.6) is 0 Å². The van der Waals surface area contributed by atoms with Gasteiger partial charge < -0.3 is 21.9 Å². The third kappa shape index (κ3) is 4.85. The first-order valence-corrected chi connectivity index (χ1v) is 2.55. The Labute approximate surface area is 57.2 Å². The van der Waals surface area contributed by atoms with Gasteiger partial charge in [0.2, 0.25) is 0 Å². The van der Waals surface area contributed by atoms with Crippen molar-refractivity contribution in [3.8, 4) is 0 Å². The van der Waals surface area contributed by atoms with E-state index in [0.717, 1.165) is 0 Å². The summed E-state index contributed by atoms with van der Waals surface area (Å²) in [5, 5.41) is 10.1. The molecule has 0 aromatic carbocycles. The van der Waals surface area contributed by atoms with Gasteiger partial charge in [0.1, 0.15) is 0 Å². The number of amides is 2. The molecule has 1 atom stereocenters. The molecule has 0 aliphatic carbocycles. The summed E-state index contributed by atoms with van der Waals surface area (Å²) in [7, 11) is 0. The van der Waals surface area contributed by atoms with Crippen molar-refractivity contribution < 1.29 is 14.7 Å². The molecule has 0 saturated heterocycles. The maximum atomic E-state index is 10.0. The summed E-state index contributed by atoms with van der Waals surface area (Å²) < 4.78 is 0. The highest BCUT2D eigenvalue weighted by molar-refractivity contribution is 5.73. The highest BCUT2D eigenvalue weighted by atomic mass is 16.4. The summed E-state index contributed by atoms with van der Waals surface area (Å²) in [5.41, 5.74) is 9.73. The van der Waals surface area contributed by atoms with Crippen molar-refractivity contribution >= 4 is 12.0 Å². The molecule has 1 unspecified atom stereocenters. The number of nitrogens with one attached hydrogen (secondary N) is 1. The topological polar surface area (TPSA) is 118 Å². The van der Waals surface area contributed by atoms with Crippen LogP contribution in [0.1, 0.15) is 6.42 Å². The molecule has 0 aliphatic heterocycles. The van der Waals surface area contributed by atoms with Gasteiger partial charge in [-0.3, -0.25) is 4.79 Å². The molecule has 0 fully saturated rings. The van der Waals surface area contributed by atoms with Gasteiger partial charge in [0, 0.05) is 0 Å². The summed E-state index contributed by atoms with van der Waals surface area (Å²) in [6, 6.07) is -0.825. The zero-order valence-electron chi connectivity index (χ0n) is 5.20. The number of rotatable bonds is 3. The first-order chi connectivity index (χ1) is 4.52. The van der Waals surface area contributed by atoms with E-state index >= 15 is 0 Å². The quantitative estimate of drug-likeness (QED) is 0.360. The van der Waals surface area contributed by atoms with Crippen molar-refractivity contribution in [2.24, 2.45) is 11.5 Å². The number of primary amides is 1. The summed E-state index contributed by atoms with van der Waals surface area (Å²) in [5.74, 6) is -1.08. The van der Waals surface area contributed by atoms with Crippen LogP contribution < -0.4 is 16.8 Å². The van der Waals surface area contributed by atoms with Gasteiger partial charge in [0.15, 0.2) is 0 Å². The zero-order chi connectivity index (χ0) is 8.15. The molecule has 0 aromatic rings. The van der Waals surface area contributed by atoms with E-state index in [1.807, 2.05) is 5.32 Å². The molecular weight excluding hydrogens is 138 g/mol. The molecule has 0 radical (unpaired) electrons. The number of hydrogen-bond donors (Lipinski definition) is 4. The molecule has 10 heavy (non-hydrogen) atoms. The smallest absolute Gasteiger partial charge is 0.313 e. The van der Waals surface area contributed by atoms with E-state index in [0.29, 0.717) is 0 Å². The van der Waals surface area contributed by atoms with E-state index in [1.165, 1.54) is 0 Å². The number of carboxylic acid groups (broad SMARTS) is 1. The molecule has 6 nitrogen and oxygen atoms in total. The van der Waals surface area contributed by atoms with E-state index in [4.69, 9.17) is 10.8 Å². The largest absolute Gasteiger partial charge is 0.481 e. The van der Waals surface area contributed by atoms with E-state index in [9.17, 15) is 9.59 Å². The van der Waals surface area contributed by atoms with Gasteiger partial charge in [0.05, 0.1) is 12.6 Å². The Kier molecular flexibility index (Phi) is 3.20. The van der Waals surface area contributed by atoms with Gasteiger partial charge >= 0.3 is 12.0 Å². The SMILES string of the molecule is NC(=O)NC(N)CC(=O)O. The van der Waals surface area contributed by atoms with Crippen molar-refractivity contribution in [1.82, 2.24) is 5.32 Å². The first-order valence-electron chi connectivity index (χ1n) is 2.55. The van der Waals surface area contributed by atoms with Crippen LogP contribution in [0.25, 0.3) is 0 Å². The Hall–Kier alpha value is -1.30. The highest BCUT2D eigenvalue weighted by Crippen LogP contribution is 1.81. The van der Waals surface area contributed by atoms with Gasteiger partial charge in [0.25, 0.3) is 0 Å². The molecule has 0 aromatic heterocycles. The maximum Gasteiger partial charge on any atom is 0.313 e. The molecule has 0 spiro atoms. The Morgan fingerprint density at radius 1 is 1.60 bits per heavy atom. The molecule has 6 N–H and O–H groups in total. The number of hydrogen-bond acceptors (Lipinski definition) is 3. The molecule has 6 heteroatoms. The number of nitrogens with two attached hydrogens (primary N) is 2. The number of carbonyl (C=O) groups excluding carboxylic acids is 1. The minimum absolute atomic E-state index is 0.330. The lowest BCUT2D eigenvalue weighted by Gasteiger charge is -2.07. The van der Waals surface area contributed by atoms with Crippen LogP contribution >= 0.6 is 0 Å². The third-order valence-corrected chi connectivity index (χ3v) is 0.722. The predicted octanol–water partition coefficient (Wildman–Crippen LogP) is -1.59. The number of aliphatic carboxylic acids is 1. The second-order valence-corrected chi connectivity index (χ2v) is 1.71. The fourth-order valence-electron chi connectivity index (χ4n) is 0.422. The summed E-state index contributed by atoms with van der Waals surface area (Å²) in [6.07, 6.45) is -1.24. The minimum atomic E-state index is -1.08. The first kappa shape index (κ1) is 8.70. The molecule has 2 amide bonds. The van der Waals surface area contributed by atoms with Gasteiger partial charge in [-0.2, -0.15) is 0 Å². The number of carbonyl (C=O) groups is 2. The second-order valence-electron chi connectivity index (χ2n) is 1.71. The average Bonchev–Trinajstić information content (AvgIpc) is 1.58. The number of carboxylic acids is 1. The predicted molar refractivity (Wildman–Crippen MR) is 32.9 cm³/mol. The zero-order valence-corrected chi connectivity index (χ0v) is 5.20. The van der Waals surface area contributed by atoms with Crippen molar-refractivity contribution in [2.75, 3.05) is 0 Å². The van der Waals surface area contributed by atoms with Crippen molar-refractivity contribution in [1.29, 1.82) is 0 Å². The molecule has 0 heterocycles. The lowest BCUT2D eigenvalue weighted by atomic mass is 10.3. The third-order valence-electron chi connectivity index (χ3n) is 0.722. The summed E-state index contributed by atoms with van der Waals surface area (Å²) in [4.78, 5) is 19.9. The molecule has 0 saturated carbocycles. The monoisotopic (exact) mass is 147 g/mol. The summed E-state index contributed by atoms with van der Waals surface area (Å²) in [6.45, 7) is 0. The molecule has 0 aliphatic rings. The van der Waals surface area contributed by atoms with Crippen LogP contribution in [0.3, 0.4) is 0 Å². The van der Waals surface area contributed by atoms with Crippen LogP contribution in [0.15, 0.2) is 0 Å². The van der Waals surface area contributed by atoms with Crippen LogP contribution in [-0.4, -0.2) is 23.3 Å². The van der Waals surface area contributed by atoms with Gasteiger partial charge in [-0.15, -0.1) is 0 Å². The normalized spacial score (nSPS) is 12.1. The molecule has 58 valence electrons. The van der Waals surface area contributed by atoms with E-state index in [1.54, 1.807) is 0 Å². The molecule has 0 rings (SSSR count). The Morgan fingerprint density at radius 3 is 2.40 bits per heavy atom. The van der Waals surface area contributed by atoms with Gasteiger partial charge in [-0.25, -0.2) is 4.79 Å². The van der Waals surface area contributed by atoms with Crippen LogP contribution in [-0.2, 0) is 4.79 Å². The van der Waals surface area contributed by atoms with E-state index < -0.39 is 18.2 Å². The van der Waals surface area contributed by atoms with Gasteiger partial charge in [-0.1, -0.05) is 0 Å². The molecule has 0 bridgehead atoms. The van der Waals surface area contributed by atoms with Crippen LogP contribution in [0.4, 0.5) is 4.79 Å². The fourth-order valence-corrected chi connectivity index (χ4v) is 0.422. The van der Waals surface area contributed by atoms with E-state index in [2.05, 4.69) is 5.73 Å².